The Morgan fingerprint density at radius 2 is 1.81 bits per heavy atom. The van der Waals surface area contributed by atoms with Crippen LogP contribution in [0.3, 0.4) is 0 Å². The minimum atomic E-state index is -0.595. The minimum Gasteiger partial charge on any atom is -0.452 e. The number of nitrogens with one attached hydrogen (secondary N) is 1. The van der Waals surface area contributed by atoms with Crippen molar-refractivity contribution in [2.75, 3.05) is 6.61 Å². The second-order valence-electron chi connectivity index (χ2n) is 8.91. The lowest BCUT2D eigenvalue weighted by Gasteiger charge is -2.15. The van der Waals surface area contributed by atoms with Crippen molar-refractivity contribution >= 4 is 46.0 Å². The van der Waals surface area contributed by atoms with E-state index in [-0.39, 0.29) is 11.6 Å². The van der Waals surface area contributed by atoms with E-state index in [0.717, 1.165) is 16.7 Å². The number of carbonyl (C=O) groups is 2. The fourth-order valence-corrected chi connectivity index (χ4v) is 4.86. The maximum atomic E-state index is 14.5. The monoisotopic (exact) mass is 514 g/mol. The lowest BCUT2D eigenvalue weighted by atomic mass is 10.0. The van der Waals surface area contributed by atoms with E-state index in [4.69, 9.17) is 21.3 Å². The van der Waals surface area contributed by atoms with Gasteiger partial charge in [0.25, 0.3) is 5.91 Å². The Kier molecular flexibility index (Phi) is 7.01. The van der Waals surface area contributed by atoms with Crippen molar-refractivity contribution in [3.8, 4) is 0 Å². The van der Waals surface area contributed by atoms with Gasteiger partial charge in [0.1, 0.15) is 5.82 Å². The molecule has 5 nitrogen and oxygen atoms in total. The molecule has 0 saturated carbocycles. The SMILES string of the molecule is CC(NC(=O)COC(=O)c1c2c(nc3ccccc13)C(=Cc1c(F)cccc1Cl)CC2)c1ccccc1. The number of halogens is 2. The van der Waals surface area contributed by atoms with E-state index in [1.165, 1.54) is 6.07 Å². The maximum Gasteiger partial charge on any atom is 0.339 e. The Bertz CT molecular complexity index is 1510. The molecule has 1 atom stereocenters. The highest BCUT2D eigenvalue weighted by Gasteiger charge is 2.28. The zero-order valence-corrected chi connectivity index (χ0v) is 20.9. The summed E-state index contributed by atoms with van der Waals surface area (Å²) < 4.78 is 19.9. The Hall–Kier alpha value is -4.03. The van der Waals surface area contributed by atoms with E-state index < -0.39 is 24.3 Å². The standard InChI is InChI=1S/C30H24ClFN2O3/c1-18(19-8-3-2-4-9-19)33-27(35)17-37-30(36)28-21-10-5-6-13-26(21)34-29-20(14-15-22(28)29)16-23-24(31)11-7-12-25(23)32/h2-13,16,18H,14-15,17H2,1H3,(H,33,35). The smallest absolute Gasteiger partial charge is 0.339 e. The first-order valence-corrected chi connectivity index (χ1v) is 12.4. The van der Waals surface area contributed by atoms with Gasteiger partial charge >= 0.3 is 5.97 Å². The van der Waals surface area contributed by atoms with Crippen LogP contribution in [0.4, 0.5) is 4.39 Å². The Morgan fingerprint density at radius 3 is 2.59 bits per heavy atom. The van der Waals surface area contributed by atoms with E-state index >= 15 is 0 Å². The Labute approximate surface area is 218 Å². The third-order valence-electron chi connectivity index (χ3n) is 6.48. The molecule has 4 aromatic rings. The number of carbonyl (C=O) groups excluding carboxylic acids is 2. The summed E-state index contributed by atoms with van der Waals surface area (Å²) in [6.07, 6.45) is 2.80. The summed E-state index contributed by atoms with van der Waals surface area (Å²) in [4.78, 5) is 30.6. The highest BCUT2D eigenvalue weighted by Crippen LogP contribution is 2.38. The van der Waals surface area contributed by atoms with Crippen LogP contribution < -0.4 is 5.32 Å². The van der Waals surface area contributed by atoms with Gasteiger partial charge in [0.15, 0.2) is 6.61 Å². The van der Waals surface area contributed by atoms with Gasteiger partial charge in [-0.15, -0.1) is 0 Å². The molecule has 0 saturated heterocycles. The number of rotatable bonds is 6. The number of aromatic nitrogens is 1. The molecule has 1 heterocycles. The molecule has 1 aromatic heterocycles. The summed E-state index contributed by atoms with van der Waals surface area (Å²) in [6, 6.07) is 21.1. The fourth-order valence-electron chi connectivity index (χ4n) is 4.65. The van der Waals surface area contributed by atoms with Gasteiger partial charge in [-0.2, -0.15) is 0 Å². The van der Waals surface area contributed by atoms with Crippen LogP contribution in [0.2, 0.25) is 5.02 Å². The normalized spacial score (nSPS) is 14.4. The van der Waals surface area contributed by atoms with Gasteiger partial charge in [0.05, 0.1) is 27.8 Å². The molecular weight excluding hydrogens is 491 g/mol. The van der Waals surface area contributed by atoms with Gasteiger partial charge in [-0.3, -0.25) is 4.79 Å². The molecule has 37 heavy (non-hydrogen) atoms. The molecule has 1 unspecified atom stereocenters. The lowest BCUT2D eigenvalue weighted by Crippen LogP contribution is -2.31. The largest absolute Gasteiger partial charge is 0.452 e. The zero-order valence-electron chi connectivity index (χ0n) is 20.1. The van der Waals surface area contributed by atoms with Gasteiger partial charge in [-0.25, -0.2) is 14.2 Å². The molecule has 0 bridgehead atoms. The van der Waals surface area contributed by atoms with Gasteiger partial charge in [0, 0.05) is 10.9 Å². The number of esters is 1. The van der Waals surface area contributed by atoms with Crippen LogP contribution in [-0.2, 0) is 16.0 Å². The molecule has 1 amide bonds. The number of hydrogen-bond donors (Lipinski definition) is 1. The van der Waals surface area contributed by atoms with Crippen LogP contribution >= 0.6 is 11.6 Å². The summed E-state index contributed by atoms with van der Waals surface area (Å²) in [5.41, 5.74) is 4.36. The van der Waals surface area contributed by atoms with Crippen molar-refractivity contribution in [2.24, 2.45) is 0 Å². The highest BCUT2D eigenvalue weighted by molar-refractivity contribution is 6.32. The summed E-state index contributed by atoms with van der Waals surface area (Å²) in [5.74, 6) is -1.42. The molecule has 0 radical (unpaired) electrons. The predicted octanol–water partition coefficient (Wildman–Crippen LogP) is 6.55. The third-order valence-corrected chi connectivity index (χ3v) is 6.81. The quantitative estimate of drug-likeness (QED) is 0.296. The summed E-state index contributed by atoms with van der Waals surface area (Å²) >= 11 is 6.24. The number of ether oxygens (including phenoxy) is 1. The van der Waals surface area contributed by atoms with Gasteiger partial charge in [-0.05, 0) is 60.7 Å². The molecule has 3 aromatic carbocycles. The number of para-hydroxylation sites is 1. The van der Waals surface area contributed by atoms with Crippen LogP contribution in [0.25, 0.3) is 22.6 Å². The van der Waals surface area contributed by atoms with Crippen molar-refractivity contribution in [3.05, 3.63) is 112 Å². The number of fused-ring (bicyclic) bond motifs is 2. The number of pyridine rings is 1. The number of allylic oxidation sites excluding steroid dienone is 1. The third kappa shape index (κ3) is 5.11. The van der Waals surface area contributed by atoms with Crippen LogP contribution in [0, 0.1) is 5.82 Å². The number of nitrogens with zero attached hydrogens (tertiary/aromatic N) is 1. The van der Waals surface area contributed by atoms with Crippen LogP contribution in [0.1, 0.15) is 52.1 Å². The fraction of sp³-hybridized carbons (Fsp3) is 0.167. The van der Waals surface area contributed by atoms with Crippen LogP contribution in [0.5, 0.6) is 0 Å². The first-order chi connectivity index (χ1) is 17.9. The van der Waals surface area contributed by atoms with Crippen molar-refractivity contribution in [1.29, 1.82) is 0 Å². The van der Waals surface area contributed by atoms with Crippen molar-refractivity contribution in [3.63, 3.8) is 0 Å². The van der Waals surface area contributed by atoms with E-state index in [0.29, 0.717) is 40.0 Å². The predicted molar refractivity (Wildman–Crippen MR) is 143 cm³/mol. The highest BCUT2D eigenvalue weighted by atomic mass is 35.5. The van der Waals surface area contributed by atoms with Gasteiger partial charge < -0.3 is 10.1 Å². The Balaban J connectivity index is 1.43. The average Bonchev–Trinajstić information content (AvgIpc) is 3.30. The van der Waals surface area contributed by atoms with Crippen LogP contribution in [0.15, 0.2) is 72.8 Å². The number of hydrogen-bond acceptors (Lipinski definition) is 4. The van der Waals surface area contributed by atoms with Gasteiger partial charge in [-0.1, -0.05) is 66.2 Å². The van der Waals surface area contributed by atoms with E-state index in [1.807, 2.05) is 61.5 Å². The van der Waals surface area contributed by atoms with Crippen molar-refractivity contribution in [2.45, 2.75) is 25.8 Å². The summed E-state index contributed by atoms with van der Waals surface area (Å²) in [7, 11) is 0. The molecular formula is C30H24ClFN2O3. The topological polar surface area (TPSA) is 68.3 Å². The number of amides is 1. The summed E-state index contributed by atoms with van der Waals surface area (Å²) in [6.45, 7) is 1.46. The molecule has 1 aliphatic carbocycles. The van der Waals surface area contributed by atoms with E-state index in [2.05, 4.69) is 5.32 Å². The van der Waals surface area contributed by atoms with E-state index in [9.17, 15) is 14.0 Å². The first kappa shape index (κ1) is 24.7. The van der Waals surface area contributed by atoms with E-state index in [1.54, 1.807) is 18.2 Å². The average molecular weight is 515 g/mol. The molecule has 0 aliphatic heterocycles. The maximum absolute atomic E-state index is 14.5. The van der Waals surface area contributed by atoms with Gasteiger partial charge in [0.2, 0.25) is 0 Å². The Morgan fingerprint density at radius 1 is 1.05 bits per heavy atom. The molecule has 5 rings (SSSR count). The number of benzene rings is 3. The minimum absolute atomic E-state index is 0.226. The first-order valence-electron chi connectivity index (χ1n) is 12.0. The molecule has 7 heteroatoms. The molecule has 0 fully saturated rings. The lowest BCUT2D eigenvalue weighted by molar-refractivity contribution is -0.124. The molecule has 1 N–H and O–H groups in total. The van der Waals surface area contributed by atoms with Crippen molar-refractivity contribution < 1.29 is 18.7 Å². The molecule has 1 aliphatic rings. The second-order valence-corrected chi connectivity index (χ2v) is 9.32. The van der Waals surface area contributed by atoms with Crippen LogP contribution in [-0.4, -0.2) is 23.5 Å². The van der Waals surface area contributed by atoms with Crippen molar-refractivity contribution in [1.82, 2.24) is 10.3 Å². The zero-order chi connectivity index (χ0) is 25.9. The summed E-state index contributed by atoms with van der Waals surface area (Å²) in [5, 5.41) is 3.80. The second kappa shape index (κ2) is 10.5. The molecule has 0 spiro atoms. The molecule has 186 valence electrons.